The van der Waals surface area contributed by atoms with Crippen LogP contribution in [0.25, 0.3) is 0 Å². The van der Waals surface area contributed by atoms with Gasteiger partial charge in [-0.1, -0.05) is 0 Å². The molecular weight excluding hydrogens is 348 g/mol. The fourth-order valence-corrected chi connectivity index (χ4v) is 3.19. The Bertz CT molecular complexity index is 614. The smallest absolute Gasteiger partial charge is 0.410 e. The maximum atomic E-state index is 12.1. The van der Waals surface area contributed by atoms with Gasteiger partial charge in [0, 0.05) is 64.1 Å². The third kappa shape index (κ3) is 5.89. The molecule has 27 heavy (non-hydrogen) atoms. The first kappa shape index (κ1) is 21.1. The molecule has 3 heterocycles. The standard InChI is InChI=1S/C16H22N4O3.C3H8O/c1-16(2,3)23-15(22)20-8-12-6-19(7-13(12)9-20)14-17-4-11(10-21)5-18-14;1-3-4-2/h4-5,10,12-13H,6-9H2,1-3H3;3H2,1-2H3. The van der Waals surface area contributed by atoms with E-state index in [2.05, 4.69) is 19.6 Å². The lowest BCUT2D eigenvalue weighted by Crippen LogP contribution is -2.37. The normalized spacial score (nSPS) is 21.4. The highest BCUT2D eigenvalue weighted by Gasteiger charge is 2.43. The van der Waals surface area contributed by atoms with Crippen molar-refractivity contribution in [3.05, 3.63) is 18.0 Å². The topological polar surface area (TPSA) is 84.9 Å². The first-order valence-corrected chi connectivity index (χ1v) is 9.26. The summed E-state index contributed by atoms with van der Waals surface area (Å²) in [4.78, 5) is 35.2. The average molecular weight is 378 g/mol. The van der Waals surface area contributed by atoms with Crippen LogP contribution in [0.5, 0.6) is 0 Å². The van der Waals surface area contributed by atoms with E-state index in [9.17, 15) is 9.59 Å². The fraction of sp³-hybridized carbons (Fsp3) is 0.684. The second kappa shape index (κ2) is 9.12. The number of hydrogen-bond donors (Lipinski definition) is 0. The molecule has 2 saturated heterocycles. The van der Waals surface area contributed by atoms with Crippen molar-refractivity contribution in [1.29, 1.82) is 0 Å². The molecule has 0 spiro atoms. The highest BCUT2D eigenvalue weighted by atomic mass is 16.6. The Hall–Kier alpha value is -2.22. The van der Waals surface area contributed by atoms with Crippen molar-refractivity contribution in [2.45, 2.75) is 33.3 Å². The molecule has 2 fully saturated rings. The fourth-order valence-electron chi connectivity index (χ4n) is 3.19. The van der Waals surface area contributed by atoms with Crippen LogP contribution in [0.2, 0.25) is 0 Å². The number of methoxy groups -OCH3 is 1. The number of anilines is 1. The Morgan fingerprint density at radius 2 is 1.70 bits per heavy atom. The Kier molecular flexibility index (Phi) is 7.12. The van der Waals surface area contributed by atoms with Gasteiger partial charge < -0.3 is 19.3 Å². The Morgan fingerprint density at radius 1 is 1.19 bits per heavy atom. The molecule has 0 radical (unpaired) electrons. The first-order valence-electron chi connectivity index (χ1n) is 9.26. The van der Waals surface area contributed by atoms with Crippen LogP contribution >= 0.6 is 0 Å². The molecule has 1 aromatic heterocycles. The van der Waals surface area contributed by atoms with Crippen molar-refractivity contribution in [3.63, 3.8) is 0 Å². The molecule has 0 aromatic carbocycles. The van der Waals surface area contributed by atoms with Crippen LogP contribution in [0, 0.1) is 11.8 Å². The van der Waals surface area contributed by atoms with Crippen molar-refractivity contribution in [2.75, 3.05) is 44.8 Å². The molecule has 2 unspecified atom stereocenters. The predicted molar refractivity (Wildman–Crippen MR) is 102 cm³/mol. The second-order valence-electron chi connectivity index (χ2n) is 7.82. The summed E-state index contributed by atoms with van der Waals surface area (Å²) in [6, 6.07) is 0. The summed E-state index contributed by atoms with van der Waals surface area (Å²) in [5.41, 5.74) is 0.0128. The van der Waals surface area contributed by atoms with Crippen LogP contribution in [0.4, 0.5) is 10.7 Å². The largest absolute Gasteiger partial charge is 0.444 e. The minimum Gasteiger partial charge on any atom is -0.444 e. The molecule has 0 bridgehead atoms. The van der Waals surface area contributed by atoms with Gasteiger partial charge in [-0.05, 0) is 27.7 Å². The van der Waals surface area contributed by atoms with Crippen molar-refractivity contribution < 1.29 is 19.1 Å². The lowest BCUT2D eigenvalue weighted by Gasteiger charge is -2.26. The lowest BCUT2D eigenvalue weighted by atomic mass is 10.0. The predicted octanol–water partition coefficient (Wildman–Crippen LogP) is 2.24. The number of aldehydes is 1. The maximum absolute atomic E-state index is 12.1. The maximum Gasteiger partial charge on any atom is 0.410 e. The molecular formula is C19H30N4O4. The van der Waals surface area contributed by atoms with Gasteiger partial charge in [0.2, 0.25) is 5.95 Å². The van der Waals surface area contributed by atoms with E-state index in [1.54, 1.807) is 12.0 Å². The van der Waals surface area contributed by atoms with Gasteiger partial charge in [-0.15, -0.1) is 0 Å². The summed E-state index contributed by atoms with van der Waals surface area (Å²) in [6.07, 6.45) is 3.58. The van der Waals surface area contributed by atoms with Gasteiger partial charge in [-0.3, -0.25) is 4.79 Å². The van der Waals surface area contributed by atoms with Gasteiger partial charge >= 0.3 is 6.09 Å². The zero-order valence-corrected chi connectivity index (χ0v) is 16.8. The number of carbonyl (C=O) groups is 2. The zero-order valence-electron chi connectivity index (χ0n) is 16.8. The van der Waals surface area contributed by atoms with E-state index in [0.717, 1.165) is 26.0 Å². The van der Waals surface area contributed by atoms with E-state index in [1.807, 2.05) is 27.7 Å². The summed E-state index contributed by atoms with van der Waals surface area (Å²) >= 11 is 0. The molecule has 150 valence electrons. The van der Waals surface area contributed by atoms with Gasteiger partial charge in [-0.2, -0.15) is 0 Å². The van der Waals surface area contributed by atoms with Crippen LogP contribution in [0.3, 0.4) is 0 Å². The number of nitrogens with zero attached hydrogens (tertiary/aromatic N) is 4. The van der Waals surface area contributed by atoms with E-state index < -0.39 is 5.60 Å². The molecule has 2 aliphatic heterocycles. The monoisotopic (exact) mass is 378 g/mol. The third-order valence-electron chi connectivity index (χ3n) is 4.50. The molecule has 2 atom stereocenters. The van der Waals surface area contributed by atoms with E-state index in [-0.39, 0.29) is 6.09 Å². The second-order valence-corrected chi connectivity index (χ2v) is 7.82. The lowest BCUT2D eigenvalue weighted by molar-refractivity contribution is 0.0282. The molecule has 1 aromatic rings. The Labute approximate surface area is 160 Å². The first-order chi connectivity index (χ1) is 12.8. The summed E-state index contributed by atoms with van der Waals surface area (Å²) in [5, 5.41) is 0. The van der Waals surface area contributed by atoms with Gasteiger partial charge in [-0.25, -0.2) is 14.8 Å². The number of rotatable bonds is 3. The van der Waals surface area contributed by atoms with E-state index in [4.69, 9.17) is 4.74 Å². The quantitative estimate of drug-likeness (QED) is 0.746. The minimum atomic E-state index is -0.463. The molecule has 2 aliphatic rings. The SMILES string of the molecule is CC(C)(C)OC(=O)N1CC2CN(c3ncc(C=O)cn3)CC2C1.CCOC. The van der Waals surface area contributed by atoms with Crippen molar-refractivity contribution in [1.82, 2.24) is 14.9 Å². The van der Waals surface area contributed by atoms with E-state index >= 15 is 0 Å². The highest BCUT2D eigenvalue weighted by molar-refractivity contribution is 5.73. The molecule has 0 saturated carbocycles. The van der Waals surface area contributed by atoms with Crippen LogP contribution in [0.1, 0.15) is 38.1 Å². The number of carbonyl (C=O) groups excluding carboxylic acids is 2. The van der Waals surface area contributed by atoms with Gasteiger partial charge in [0.05, 0.1) is 5.56 Å². The van der Waals surface area contributed by atoms with Crippen LogP contribution in [0.15, 0.2) is 12.4 Å². The average Bonchev–Trinajstić information content (AvgIpc) is 3.20. The summed E-state index contributed by atoms with van der Waals surface area (Å²) < 4.78 is 9.98. The minimum absolute atomic E-state index is 0.231. The van der Waals surface area contributed by atoms with E-state index in [1.165, 1.54) is 12.4 Å². The molecule has 0 N–H and O–H groups in total. The number of amides is 1. The Morgan fingerprint density at radius 3 is 2.11 bits per heavy atom. The molecule has 8 heteroatoms. The van der Waals surface area contributed by atoms with Crippen molar-refractivity contribution in [3.8, 4) is 0 Å². The third-order valence-corrected chi connectivity index (χ3v) is 4.50. The van der Waals surface area contributed by atoms with Gasteiger partial charge in [0.25, 0.3) is 0 Å². The number of hydrogen-bond acceptors (Lipinski definition) is 7. The molecule has 0 aliphatic carbocycles. The zero-order chi connectivity index (χ0) is 20.0. The number of ether oxygens (including phenoxy) is 2. The van der Waals surface area contributed by atoms with Gasteiger partial charge in [0.1, 0.15) is 5.60 Å². The number of fused-ring (bicyclic) bond motifs is 1. The summed E-state index contributed by atoms with van der Waals surface area (Å²) in [6.45, 7) is 11.5. The highest BCUT2D eigenvalue weighted by Crippen LogP contribution is 2.33. The van der Waals surface area contributed by atoms with Crippen LogP contribution in [-0.2, 0) is 9.47 Å². The molecule has 8 nitrogen and oxygen atoms in total. The van der Waals surface area contributed by atoms with Crippen molar-refractivity contribution >= 4 is 18.3 Å². The van der Waals surface area contributed by atoms with Crippen LogP contribution in [-0.4, -0.2) is 72.7 Å². The molecule has 1 amide bonds. The van der Waals surface area contributed by atoms with Gasteiger partial charge in [0.15, 0.2) is 6.29 Å². The summed E-state index contributed by atoms with van der Waals surface area (Å²) in [5.74, 6) is 1.47. The summed E-state index contributed by atoms with van der Waals surface area (Å²) in [7, 11) is 1.68. The van der Waals surface area contributed by atoms with Crippen molar-refractivity contribution in [2.24, 2.45) is 11.8 Å². The Balaban J connectivity index is 0.000000596. The number of likely N-dealkylation sites (tertiary alicyclic amines) is 1. The molecule has 3 rings (SSSR count). The number of aromatic nitrogens is 2. The van der Waals surface area contributed by atoms with Crippen LogP contribution < -0.4 is 4.90 Å². The van der Waals surface area contributed by atoms with E-state index in [0.29, 0.717) is 36.4 Å².